The van der Waals surface area contributed by atoms with Crippen LogP contribution in [0.25, 0.3) is 0 Å². The molecule has 0 unspecified atom stereocenters. The number of para-hydroxylation sites is 1. The number of quaternary nitrogens is 1. The fourth-order valence-corrected chi connectivity index (χ4v) is 2.85. The highest BCUT2D eigenvalue weighted by molar-refractivity contribution is 5.31. The smallest absolute Gasteiger partial charge is 0.137 e. The van der Waals surface area contributed by atoms with Gasteiger partial charge in [0.2, 0.25) is 0 Å². The van der Waals surface area contributed by atoms with Gasteiger partial charge in [-0.1, -0.05) is 18.2 Å². The molecule has 1 saturated heterocycles. The molecule has 0 radical (unpaired) electrons. The van der Waals surface area contributed by atoms with Crippen LogP contribution in [0.1, 0.15) is 18.4 Å². The van der Waals surface area contributed by atoms with E-state index in [9.17, 15) is 5.11 Å². The van der Waals surface area contributed by atoms with Gasteiger partial charge in [-0.05, 0) is 18.6 Å². The van der Waals surface area contributed by atoms with Crippen molar-refractivity contribution in [2.75, 3.05) is 39.4 Å². The van der Waals surface area contributed by atoms with Gasteiger partial charge in [-0.2, -0.15) is 0 Å². The highest BCUT2D eigenvalue weighted by Crippen LogP contribution is 2.20. The molecule has 1 fully saturated rings. The zero-order valence-electron chi connectivity index (χ0n) is 11.3. The first-order valence-electron chi connectivity index (χ1n) is 6.90. The lowest BCUT2D eigenvalue weighted by Crippen LogP contribution is -2.49. The number of aryl methyl sites for hydroxylation is 1. The SMILES string of the molecule is Cc1ccccc1OCC[N+]1(CCO)CCCC1. The van der Waals surface area contributed by atoms with E-state index >= 15 is 0 Å². The van der Waals surface area contributed by atoms with Gasteiger partial charge in [-0.3, -0.25) is 0 Å². The third kappa shape index (κ3) is 3.24. The molecule has 0 aliphatic carbocycles. The zero-order chi connectivity index (χ0) is 12.8. The van der Waals surface area contributed by atoms with Crippen LogP contribution >= 0.6 is 0 Å². The van der Waals surface area contributed by atoms with E-state index in [0.717, 1.165) is 29.9 Å². The Kier molecular flexibility index (Phi) is 4.61. The maximum absolute atomic E-state index is 9.20. The summed E-state index contributed by atoms with van der Waals surface area (Å²) in [6.07, 6.45) is 2.56. The van der Waals surface area contributed by atoms with Gasteiger partial charge in [0, 0.05) is 12.8 Å². The lowest BCUT2D eigenvalue weighted by Gasteiger charge is -2.33. The second-order valence-electron chi connectivity index (χ2n) is 5.28. The van der Waals surface area contributed by atoms with Gasteiger partial charge < -0.3 is 14.3 Å². The van der Waals surface area contributed by atoms with Crippen LogP contribution in [0, 0.1) is 6.92 Å². The van der Waals surface area contributed by atoms with Crippen molar-refractivity contribution in [1.29, 1.82) is 0 Å². The summed E-state index contributed by atoms with van der Waals surface area (Å²) in [5, 5.41) is 9.20. The second-order valence-corrected chi connectivity index (χ2v) is 5.28. The van der Waals surface area contributed by atoms with Crippen LogP contribution in [0.2, 0.25) is 0 Å². The highest BCUT2D eigenvalue weighted by Gasteiger charge is 2.31. The molecule has 1 heterocycles. The van der Waals surface area contributed by atoms with Crippen LogP contribution in [0.15, 0.2) is 24.3 Å². The first kappa shape index (κ1) is 13.4. The number of ether oxygens (including phenoxy) is 1. The Morgan fingerprint density at radius 1 is 1.17 bits per heavy atom. The minimum Gasteiger partial charge on any atom is -0.487 e. The van der Waals surface area contributed by atoms with Crippen molar-refractivity contribution >= 4 is 0 Å². The molecule has 2 rings (SSSR count). The summed E-state index contributed by atoms with van der Waals surface area (Å²) >= 11 is 0. The number of hydrogen-bond acceptors (Lipinski definition) is 2. The quantitative estimate of drug-likeness (QED) is 0.782. The molecule has 1 aromatic rings. The predicted molar refractivity (Wildman–Crippen MR) is 72.7 cm³/mol. The first-order valence-corrected chi connectivity index (χ1v) is 6.90. The van der Waals surface area contributed by atoms with Gasteiger partial charge in [0.25, 0.3) is 0 Å². The number of rotatable bonds is 6. The molecule has 100 valence electrons. The standard InChI is InChI=1S/C15H24NO2/c1-14-6-2-3-7-15(14)18-13-11-16(10-12-17)8-4-5-9-16/h2-3,6-7,17H,4-5,8-13H2,1H3/q+1. The van der Waals surface area contributed by atoms with Crippen molar-refractivity contribution in [3.63, 3.8) is 0 Å². The Bertz CT molecular complexity index is 373. The largest absolute Gasteiger partial charge is 0.487 e. The zero-order valence-corrected chi connectivity index (χ0v) is 11.3. The van der Waals surface area contributed by atoms with Crippen molar-refractivity contribution < 1.29 is 14.3 Å². The van der Waals surface area contributed by atoms with Crippen LogP contribution in [-0.2, 0) is 0 Å². The number of benzene rings is 1. The van der Waals surface area contributed by atoms with E-state index in [4.69, 9.17) is 4.74 Å². The molecular weight excluding hydrogens is 226 g/mol. The fourth-order valence-electron chi connectivity index (χ4n) is 2.85. The van der Waals surface area contributed by atoms with Gasteiger partial charge in [-0.25, -0.2) is 0 Å². The fraction of sp³-hybridized carbons (Fsp3) is 0.600. The third-order valence-electron chi connectivity index (χ3n) is 4.01. The second kappa shape index (κ2) is 6.21. The van der Waals surface area contributed by atoms with E-state index in [-0.39, 0.29) is 6.61 Å². The average Bonchev–Trinajstić information content (AvgIpc) is 2.81. The predicted octanol–water partition coefficient (Wildman–Crippen LogP) is 1.98. The highest BCUT2D eigenvalue weighted by atomic mass is 16.5. The van der Waals surface area contributed by atoms with Crippen LogP contribution in [0.3, 0.4) is 0 Å². The van der Waals surface area contributed by atoms with E-state index < -0.39 is 0 Å². The Morgan fingerprint density at radius 2 is 1.89 bits per heavy atom. The van der Waals surface area contributed by atoms with Crippen LogP contribution in [0.5, 0.6) is 5.75 Å². The number of aliphatic hydroxyl groups excluding tert-OH is 1. The number of nitrogens with zero attached hydrogens (tertiary/aromatic N) is 1. The molecule has 1 aliphatic rings. The van der Waals surface area contributed by atoms with E-state index in [2.05, 4.69) is 13.0 Å². The number of aliphatic hydroxyl groups is 1. The maximum atomic E-state index is 9.20. The van der Waals surface area contributed by atoms with Gasteiger partial charge in [0.1, 0.15) is 25.4 Å². The summed E-state index contributed by atoms with van der Waals surface area (Å²) < 4.78 is 6.90. The molecule has 1 aliphatic heterocycles. The molecule has 3 nitrogen and oxygen atoms in total. The summed E-state index contributed by atoms with van der Waals surface area (Å²) in [4.78, 5) is 0. The van der Waals surface area contributed by atoms with Crippen molar-refractivity contribution in [2.45, 2.75) is 19.8 Å². The Labute approximate surface area is 110 Å². The first-order chi connectivity index (χ1) is 8.76. The van der Waals surface area contributed by atoms with Crippen LogP contribution in [-0.4, -0.2) is 49.0 Å². The molecular formula is C15H24NO2+. The molecule has 0 aromatic heterocycles. The molecule has 0 atom stereocenters. The van der Waals surface area contributed by atoms with E-state index in [0.29, 0.717) is 0 Å². The lowest BCUT2D eigenvalue weighted by atomic mass is 10.2. The molecule has 0 bridgehead atoms. The van der Waals surface area contributed by atoms with Crippen molar-refractivity contribution in [3.05, 3.63) is 29.8 Å². The van der Waals surface area contributed by atoms with Gasteiger partial charge in [0.05, 0.1) is 19.7 Å². The molecule has 18 heavy (non-hydrogen) atoms. The summed E-state index contributed by atoms with van der Waals surface area (Å²) in [5.74, 6) is 0.985. The molecule has 1 aromatic carbocycles. The molecule has 1 N–H and O–H groups in total. The molecule has 0 amide bonds. The Balaban J connectivity index is 1.85. The monoisotopic (exact) mass is 250 g/mol. The van der Waals surface area contributed by atoms with E-state index in [1.54, 1.807) is 0 Å². The van der Waals surface area contributed by atoms with Crippen LogP contribution < -0.4 is 4.74 Å². The molecule has 0 saturated carbocycles. The van der Waals surface area contributed by atoms with Crippen LogP contribution in [0.4, 0.5) is 0 Å². The van der Waals surface area contributed by atoms with Crippen molar-refractivity contribution in [3.8, 4) is 5.75 Å². The normalized spacial score (nSPS) is 17.9. The maximum Gasteiger partial charge on any atom is 0.137 e. The van der Waals surface area contributed by atoms with Gasteiger partial charge in [0.15, 0.2) is 0 Å². The summed E-state index contributed by atoms with van der Waals surface area (Å²) in [7, 11) is 0. The minimum atomic E-state index is 0.282. The summed E-state index contributed by atoms with van der Waals surface area (Å²) in [6, 6.07) is 8.14. The number of likely N-dealkylation sites (tertiary alicyclic amines) is 1. The Hall–Kier alpha value is -1.06. The minimum absolute atomic E-state index is 0.282. The summed E-state index contributed by atoms with van der Waals surface area (Å²) in [5.41, 5.74) is 1.19. The van der Waals surface area contributed by atoms with Crippen molar-refractivity contribution in [2.24, 2.45) is 0 Å². The number of hydrogen-bond donors (Lipinski definition) is 1. The molecule has 0 spiro atoms. The van der Waals surface area contributed by atoms with Gasteiger partial charge in [-0.15, -0.1) is 0 Å². The van der Waals surface area contributed by atoms with E-state index in [1.807, 2.05) is 18.2 Å². The van der Waals surface area contributed by atoms with E-state index in [1.165, 1.54) is 31.5 Å². The topological polar surface area (TPSA) is 29.5 Å². The molecule has 3 heteroatoms. The Morgan fingerprint density at radius 3 is 2.56 bits per heavy atom. The summed E-state index contributed by atoms with van der Waals surface area (Å²) in [6.45, 7) is 7.36. The average molecular weight is 250 g/mol. The van der Waals surface area contributed by atoms with Gasteiger partial charge >= 0.3 is 0 Å². The lowest BCUT2D eigenvalue weighted by molar-refractivity contribution is -0.917. The third-order valence-corrected chi connectivity index (χ3v) is 4.01. The van der Waals surface area contributed by atoms with Crippen molar-refractivity contribution in [1.82, 2.24) is 0 Å².